The Balaban J connectivity index is 1.39. The van der Waals surface area contributed by atoms with Crippen LogP contribution in [0, 0.1) is 0 Å². The van der Waals surface area contributed by atoms with E-state index in [0.29, 0.717) is 5.56 Å². The van der Waals surface area contributed by atoms with Gasteiger partial charge in [0.2, 0.25) is 0 Å². The number of carbonyl (C=O) groups excluding carboxylic acids is 21. The monoisotopic (exact) mass is 2110 g/mol. The van der Waals surface area contributed by atoms with Crippen molar-refractivity contribution in [1.82, 2.24) is 10.6 Å². The van der Waals surface area contributed by atoms with Gasteiger partial charge in [-0.2, -0.15) is 0 Å². The number of benzene rings is 1. The first-order valence-electron chi connectivity index (χ1n) is 45.7. The maximum Gasteiger partial charge on any atom is 0.315 e. The number of esters is 20. The molecule has 0 aliphatic carbocycles. The highest BCUT2D eigenvalue weighted by Crippen LogP contribution is 2.45. The van der Waals surface area contributed by atoms with Crippen LogP contribution in [-0.2, 0) is 263 Å². The molecule has 1 aromatic carbocycles. The van der Waals surface area contributed by atoms with Gasteiger partial charge < -0.3 is 172 Å². The van der Waals surface area contributed by atoms with E-state index in [1.807, 2.05) is 0 Å². The second kappa shape index (κ2) is 54.3. The average molecular weight is 2110 g/mol. The van der Waals surface area contributed by atoms with E-state index in [2.05, 4.69) is 10.6 Å². The molecule has 35 atom stereocenters. The normalized spacial score (nSPS) is 33.5. The molecule has 0 radical (unpaired) electrons. The number of ether oxygens (including phenoxy) is 34. The van der Waals surface area contributed by atoms with Crippen LogP contribution in [0.5, 0.6) is 0 Å². The minimum Gasteiger partial charge on any atom is -0.463 e. The topological polar surface area (TPSA) is 696 Å². The van der Waals surface area contributed by atoms with Gasteiger partial charge in [-0.25, -0.2) is 4.79 Å². The Labute approximate surface area is 836 Å². The van der Waals surface area contributed by atoms with Crippen molar-refractivity contribution in [3.05, 3.63) is 35.9 Å². The van der Waals surface area contributed by atoms with Crippen LogP contribution >= 0.6 is 0 Å². The highest BCUT2D eigenvalue weighted by molar-refractivity contribution is 5.75. The summed E-state index contributed by atoms with van der Waals surface area (Å²) in [6.45, 7) is 8.65. The van der Waals surface area contributed by atoms with Gasteiger partial charge in [0.25, 0.3) is 0 Å². The smallest absolute Gasteiger partial charge is 0.315 e. The Morgan fingerprint density at radius 2 is 0.340 bits per heavy atom. The van der Waals surface area contributed by atoms with E-state index in [-0.39, 0.29) is 6.54 Å². The van der Waals surface area contributed by atoms with Gasteiger partial charge in [-0.3, -0.25) is 95.9 Å². The molecule has 14 bridgehead atoms. The van der Waals surface area contributed by atoms with Gasteiger partial charge >= 0.3 is 125 Å². The molecule has 21 saturated heterocycles. The Morgan fingerprint density at radius 1 is 0.190 bits per heavy atom. The molecule has 57 heteroatoms. The fraction of sp³-hybridized carbons (Fsp3) is 0.700. The minimum absolute atomic E-state index is 0.191. The molecule has 0 unspecified atom stereocenters. The third-order valence-electron chi connectivity index (χ3n) is 21.9. The zero-order chi connectivity index (χ0) is 109. The van der Waals surface area contributed by atoms with Crippen molar-refractivity contribution in [2.24, 2.45) is 0 Å². The first-order valence-corrected chi connectivity index (χ1v) is 45.7. The lowest BCUT2D eigenvalue weighted by Crippen LogP contribution is -2.70. The summed E-state index contributed by atoms with van der Waals surface area (Å²) >= 11 is 0. The fourth-order valence-corrected chi connectivity index (χ4v) is 16.8. The highest BCUT2D eigenvalue weighted by atomic mass is 16.8. The van der Waals surface area contributed by atoms with Gasteiger partial charge in [0, 0.05) is 152 Å². The van der Waals surface area contributed by atoms with E-state index >= 15 is 0 Å². The third-order valence-corrected chi connectivity index (χ3v) is 21.9. The number of hydrogen-bond donors (Lipinski definition) is 2. The van der Waals surface area contributed by atoms with Gasteiger partial charge in [0.15, 0.2) is 129 Å². The van der Waals surface area contributed by atoms with Crippen molar-refractivity contribution in [2.45, 2.75) is 360 Å². The molecule has 2 amide bonds. The van der Waals surface area contributed by atoms with Crippen molar-refractivity contribution in [3.63, 3.8) is 0 Å². The van der Waals surface area contributed by atoms with Crippen LogP contribution in [-0.4, -0.2) is 387 Å². The van der Waals surface area contributed by atoms with Crippen molar-refractivity contribution in [3.8, 4) is 0 Å². The van der Waals surface area contributed by atoms with Gasteiger partial charge in [0.05, 0.1) is 0 Å². The summed E-state index contributed by atoms with van der Waals surface area (Å²) in [4.78, 5) is 291. The number of nitrogens with one attached hydrogen (secondary N) is 2. The second-order valence-electron chi connectivity index (χ2n) is 33.9. The molecule has 21 fully saturated rings. The third kappa shape index (κ3) is 34.2. The van der Waals surface area contributed by atoms with Crippen LogP contribution in [0.1, 0.15) is 144 Å². The van der Waals surface area contributed by atoms with E-state index in [9.17, 15) is 101 Å². The van der Waals surface area contributed by atoms with E-state index < -0.39 is 387 Å². The summed E-state index contributed by atoms with van der Waals surface area (Å²) in [6.07, 6.45) is -81.6. The largest absolute Gasteiger partial charge is 0.463 e. The number of urea groups is 1. The number of carbonyl (C=O) groups is 21. The Morgan fingerprint density at radius 3 is 0.497 bits per heavy atom. The van der Waals surface area contributed by atoms with Gasteiger partial charge in [-0.15, -0.1) is 0 Å². The summed E-state index contributed by atoms with van der Waals surface area (Å²) in [5, 5.41) is 5.20. The van der Waals surface area contributed by atoms with E-state index in [4.69, 9.17) is 161 Å². The van der Waals surface area contributed by atoms with Crippen LogP contribution in [0.2, 0.25) is 0 Å². The lowest BCUT2D eigenvalue weighted by molar-refractivity contribution is -0.396. The van der Waals surface area contributed by atoms with Crippen LogP contribution in [0.3, 0.4) is 0 Å². The van der Waals surface area contributed by atoms with Crippen molar-refractivity contribution in [2.75, 3.05) is 46.2 Å². The number of hydrogen-bond acceptors (Lipinski definition) is 55. The fourth-order valence-electron chi connectivity index (χ4n) is 16.8. The predicted molar refractivity (Wildman–Crippen MR) is 459 cm³/mol. The highest BCUT2D eigenvalue weighted by Gasteiger charge is 2.66. The molecule has 147 heavy (non-hydrogen) atoms. The van der Waals surface area contributed by atoms with Gasteiger partial charge in [-0.05, 0) is 5.56 Å². The summed E-state index contributed by atoms with van der Waals surface area (Å²) in [6, 6.07) is 7.21. The number of amides is 2. The van der Waals surface area contributed by atoms with Gasteiger partial charge in [0.1, 0.15) is 125 Å². The molecule has 0 aromatic heterocycles. The summed E-state index contributed by atoms with van der Waals surface area (Å²) in [7, 11) is 0. The molecule has 818 valence electrons. The molecule has 57 nitrogen and oxygen atoms in total. The molecule has 21 aliphatic heterocycles. The van der Waals surface area contributed by atoms with Crippen molar-refractivity contribution < 1.29 is 262 Å². The SMILES string of the molecule is CC(=O)OC[C@H]1O[C@@H]2O[C@H]3[C@H](OC(C)=O)[C@@H](OC(C)=O)[C@@H](O[C@H]4[C@H](OC(C)=O)[C@@H](OC(C)=O)[C@@H](O[C@H]5[C@H](OC(C)=O)[C@@H](OC(C)=O)[C@@H](O[C@H]6[C@H](OC(C)=O)[C@@H](OC(C)=O)[C@@H](O[C@H]7[C@H](OC(C)=O)[C@@H](OC(C)=O)[C@@H](O[C@H]8[C@H](OC(C)=O)[C@@H](OC(C)=O)[C@@H](O[C@H]1[C@H](OC(C)=O)[C@H]2OC(C)=O)O[C@@H]8CNC(=O)NCc1ccccc1)O[C@@H]7COC(C)=O)O[C@@H]6COC(C)=O)O[C@@H]5COC(C)=O)O[C@@H]4COC(C)=O)O[C@@H]3COC(C)=O. The summed E-state index contributed by atoms with van der Waals surface area (Å²) < 4.78 is 211. The molecular weight excluding hydrogens is 1990 g/mol. The minimum atomic E-state index is -2.48. The molecule has 2 N–H and O–H groups in total. The van der Waals surface area contributed by atoms with E-state index in [0.717, 1.165) is 138 Å². The number of rotatable bonds is 30. The molecular formula is C90H118N2O55. The van der Waals surface area contributed by atoms with Crippen LogP contribution < -0.4 is 10.6 Å². The van der Waals surface area contributed by atoms with Crippen LogP contribution in [0.15, 0.2) is 30.3 Å². The lowest BCUT2D eigenvalue weighted by Gasteiger charge is -2.52. The van der Waals surface area contributed by atoms with Crippen molar-refractivity contribution >= 4 is 125 Å². The van der Waals surface area contributed by atoms with Crippen LogP contribution in [0.4, 0.5) is 4.79 Å². The Kier molecular flexibility index (Phi) is 43.6. The standard InChI is InChI=1S/C90H118N2O55/c1-34(93)114-28-56-63-70(121-41(8)100)78(129-49(16)108)85(136-56)144-65-58(30-116-36(3)95)138-87(80(131-51(18)110)72(65)123-43(10)102)146-67-60(32-118-38(5)97)140-89(82(133-53(20)112)74(67)125-45(12)104)147-68-61(33-119-39(6)98)139-88(81(132-52(19)111)75(68)126-46(13)105)145-66-59(31-117-37(4)96)137-86(79(130-50(17)109)73(66)124-44(11)103)143-64-57(29-115-35(2)94)135-84(77(128-48(15)107)71(64)122-42(9)101)141-62-55(27-92-90(113)91-26-54-24-22-21-23-25-54)134-83(142-63)76(127-47(14)106)69(62)120-40(7)99/h21-25,55-89H,26-33H2,1-20H3,(H2,91,92,113)/t55-,56-,57-,58-,59-,60-,61-,62-,63-,64-,65-,66-,67-,68-,69+,70+,71+,72+,73+,74+,75+,76-,77-,78-,79-,80-,81-,82-,83-,84-,85-,86-,87-,88-,89-/m1/s1. The molecule has 21 heterocycles. The van der Waals surface area contributed by atoms with E-state index in [1.165, 1.54) is 0 Å². The molecule has 22 rings (SSSR count). The molecule has 1 aromatic rings. The van der Waals surface area contributed by atoms with Crippen LogP contribution in [0.25, 0.3) is 0 Å². The molecule has 0 spiro atoms. The maximum atomic E-state index is 14.4. The first kappa shape index (κ1) is 118. The summed E-state index contributed by atoms with van der Waals surface area (Å²) in [5.41, 5.74) is 0.532. The Hall–Kier alpha value is -12.7. The average Bonchev–Trinajstić information content (AvgIpc) is 0.812. The second-order valence-corrected chi connectivity index (χ2v) is 33.9. The predicted octanol–water partition coefficient (Wildman–Crippen LogP) is -2.31. The van der Waals surface area contributed by atoms with Gasteiger partial charge in [-0.1, -0.05) is 30.3 Å². The quantitative estimate of drug-likeness (QED) is 0.0604. The molecule has 0 saturated carbocycles. The zero-order valence-corrected chi connectivity index (χ0v) is 83.2. The summed E-state index contributed by atoms with van der Waals surface area (Å²) in [5.74, 6) is -25.1. The zero-order valence-electron chi connectivity index (χ0n) is 83.2. The molecule has 21 aliphatic rings. The Bertz CT molecular complexity index is 4550. The maximum absolute atomic E-state index is 14.4. The van der Waals surface area contributed by atoms with Crippen molar-refractivity contribution in [1.29, 1.82) is 0 Å². The van der Waals surface area contributed by atoms with E-state index in [1.54, 1.807) is 30.3 Å². The first-order chi connectivity index (χ1) is 69.2. The lowest BCUT2D eigenvalue weighted by atomic mass is 9.94.